The molecule has 28 heavy (non-hydrogen) atoms. The van der Waals surface area contributed by atoms with Crippen molar-refractivity contribution in [3.63, 3.8) is 0 Å². The fraction of sp³-hybridized carbons (Fsp3) is 0.190. The number of anilines is 1. The van der Waals surface area contributed by atoms with Crippen molar-refractivity contribution >= 4 is 28.0 Å². The number of nitrogens with zero attached hydrogens (tertiary/aromatic N) is 2. The third kappa shape index (κ3) is 3.11. The fourth-order valence-corrected chi connectivity index (χ4v) is 3.40. The van der Waals surface area contributed by atoms with Crippen molar-refractivity contribution in [1.29, 1.82) is 5.41 Å². The molecule has 0 bridgehead atoms. The Balaban J connectivity index is 1.83. The van der Waals surface area contributed by atoms with Crippen molar-refractivity contribution in [3.8, 4) is 5.75 Å². The highest BCUT2D eigenvalue weighted by Gasteiger charge is 2.26. The SMILES string of the molecule is COc1cccc(N2CCCC(O)=C(c3nc4ccccc4c(=O)[nH]3)C2=N)c1. The van der Waals surface area contributed by atoms with E-state index in [-0.39, 0.29) is 28.6 Å². The average Bonchev–Trinajstić information content (AvgIpc) is 2.85. The monoisotopic (exact) mass is 376 g/mol. The van der Waals surface area contributed by atoms with Gasteiger partial charge in [0.25, 0.3) is 5.56 Å². The largest absolute Gasteiger partial charge is 0.511 e. The maximum absolute atomic E-state index is 12.5. The van der Waals surface area contributed by atoms with Gasteiger partial charge in [-0.3, -0.25) is 10.2 Å². The first kappa shape index (κ1) is 17.8. The second kappa shape index (κ2) is 7.19. The number of hydrogen-bond donors (Lipinski definition) is 3. The van der Waals surface area contributed by atoms with E-state index in [1.807, 2.05) is 24.3 Å². The summed E-state index contributed by atoms with van der Waals surface area (Å²) in [6, 6.07) is 14.4. The van der Waals surface area contributed by atoms with Crippen LogP contribution in [-0.4, -0.2) is 34.6 Å². The highest BCUT2D eigenvalue weighted by molar-refractivity contribution is 6.27. The standard InChI is InChI=1S/C21H20N4O3/c1-28-14-7-4-6-13(12-14)25-11-5-10-17(26)18(19(25)22)20-23-16-9-3-2-8-15(16)21(27)24-20/h2-4,6-9,12,22,26H,5,10-11H2,1H3,(H,23,24,27). The molecule has 2 aromatic carbocycles. The minimum Gasteiger partial charge on any atom is -0.511 e. The summed E-state index contributed by atoms with van der Waals surface area (Å²) in [6.07, 6.45) is 1.06. The molecule has 0 saturated carbocycles. The molecule has 4 rings (SSSR count). The normalized spacial score (nSPS) is 15.0. The van der Waals surface area contributed by atoms with E-state index < -0.39 is 0 Å². The van der Waals surface area contributed by atoms with Gasteiger partial charge >= 0.3 is 0 Å². The van der Waals surface area contributed by atoms with Crippen LogP contribution in [0.4, 0.5) is 5.69 Å². The zero-order chi connectivity index (χ0) is 19.7. The fourth-order valence-electron chi connectivity index (χ4n) is 3.40. The van der Waals surface area contributed by atoms with Crippen molar-refractivity contribution in [2.45, 2.75) is 12.8 Å². The predicted octanol–water partition coefficient (Wildman–Crippen LogP) is 3.48. The summed E-state index contributed by atoms with van der Waals surface area (Å²) < 4.78 is 5.29. The molecule has 3 aromatic rings. The third-order valence-corrected chi connectivity index (χ3v) is 4.81. The number of ether oxygens (including phenoxy) is 1. The highest BCUT2D eigenvalue weighted by Crippen LogP contribution is 2.29. The number of para-hydroxylation sites is 1. The Bertz CT molecular complexity index is 1150. The number of amidine groups is 1. The quantitative estimate of drug-likeness (QED) is 0.649. The van der Waals surface area contributed by atoms with Gasteiger partial charge in [0.1, 0.15) is 23.2 Å². The van der Waals surface area contributed by atoms with Crippen LogP contribution in [0.2, 0.25) is 0 Å². The molecule has 0 radical (unpaired) electrons. The molecule has 0 spiro atoms. The molecule has 7 nitrogen and oxygen atoms in total. The van der Waals surface area contributed by atoms with E-state index in [1.165, 1.54) is 0 Å². The molecule has 1 aromatic heterocycles. The molecule has 0 unspecified atom stereocenters. The average molecular weight is 376 g/mol. The zero-order valence-electron chi connectivity index (χ0n) is 15.4. The van der Waals surface area contributed by atoms with Crippen LogP contribution in [0, 0.1) is 5.41 Å². The van der Waals surface area contributed by atoms with Gasteiger partial charge in [-0.25, -0.2) is 4.98 Å². The van der Waals surface area contributed by atoms with Crippen molar-refractivity contribution in [1.82, 2.24) is 9.97 Å². The molecule has 3 N–H and O–H groups in total. The van der Waals surface area contributed by atoms with E-state index in [2.05, 4.69) is 9.97 Å². The lowest BCUT2D eigenvalue weighted by Crippen LogP contribution is -2.32. The molecule has 142 valence electrons. The van der Waals surface area contributed by atoms with Gasteiger partial charge in [-0.05, 0) is 30.7 Å². The molecule has 1 aliphatic heterocycles. The Morgan fingerprint density at radius 3 is 2.86 bits per heavy atom. The molecule has 0 atom stereocenters. The van der Waals surface area contributed by atoms with Crippen LogP contribution in [-0.2, 0) is 0 Å². The van der Waals surface area contributed by atoms with Gasteiger partial charge in [-0.15, -0.1) is 0 Å². The molecular weight excluding hydrogens is 356 g/mol. The highest BCUT2D eigenvalue weighted by atomic mass is 16.5. The van der Waals surface area contributed by atoms with Crippen LogP contribution in [0.5, 0.6) is 5.75 Å². The van der Waals surface area contributed by atoms with Crippen molar-refractivity contribution in [2.75, 3.05) is 18.6 Å². The first-order chi connectivity index (χ1) is 13.6. The van der Waals surface area contributed by atoms with Gasteiger partial charge in [-0.1, -0.05) is 18.2 Å². The summed E-state index contributed by atoms with van der Waals surface area (Å²) >= 11 is 0. The van der Waals surface area contributed by atoms with Crippen LogP contribution in [0.25, 0.3) is 16.5 Å². The summed E-state index contributed by atoms with van der Waals surface area (Å²) in [5.74, 6) is 1.01. The molecule has 1 aliphatic rings. The lowest BCUT2D eigenvalue weighted by Gasteiger charge is -2.25. The van der Waals surface area contributed by atoms with E-state index in [4.69, 9.17) is 10.1 Å². The van der Waals surface area contributed by atoms with E-state index in [1.54, 1.807) is 36.3 Å². The van der Waals surface area contributed by atoms with Crippen molar-refractivity contribution in [3.05, 3.63) is 70.5 Å². The van der Waals surface area contributed by atoms with E-state index >= 15 is 0 Å². The van der Waals surface area contributed by atoms with Gasteiger partial charge in [0.2, 0.25) is 0 Å². The smallest absolute Gasteiger partial charge is 0.259 e. The lowest BCUT2D eigenvalue weighted by atomic mass is 10.1. The number of H-pyrrole nitrogens is 1. The Kier molecular flexibility index (Phi) is 4.57. The number of rotatable bonds is 3. The summed E-state index contributed by atoms with van der Waals surface area (Å²) in [4.78, 5) is 21.5. The predicted molar refractivity (Wildman–Crippen MR) is 109 cm³/mol. The lowest BCUT2D eigenvalue weighted by molar-refractivity contribution is 0.390. The number of methoxy groups -OCH3 is 1. The van der Waals surface area contributed by atoms with Gasteiger partial charge in [0.05, 0.1) is 23.6 Å². The number of benzene rings is 2. The Morgan fingerprint density at radius 2 is 2.04 bits per heavy atom. The van der Waals surface area contributed by atoms with Gasteiger partial charge in [-0.2, -0.15) is 0 Å². The number of nitrogens with one attached hydrogen (secondary N) is 2. The first-order valence-corrected chi connectivity index (χ1v) is 9.00. The summed E-state index contributed by atoms with van der Waals surface area (Å²) in [5, 5.41) is 19.9. The van der Waals surface area contributed by atoms with Crippen LogP contribution >= 0.6 is 0 Å². The topological polar surface area (TPSA) is 102 Å². The van der Waals surface area contributed by atoms with Gasteiger partial charge < -0.3 is 19.7 Å². The number of aliphatic hydroxyl groups excluding tert-OH is 1. The minimum absolute atomic E-state index is 0.0498. The van der Waals surface area contributed by atoms with Gasteiger partial charge in [0.15, 0.2) is 0 Å². The maximum Gasteiger partial charge on any atom is 0.259 e. The van der Waals surface area contributed by atoms with Crippen LogP contribution < -0.4 is 15.2 Å². The van der Waals surface area contributed by atoms with Crippen molar-refractivity contribution in [2.24, 2.45) is 0 Å². The second-order valence-electron chi connectivity index (χ2n) is 6.56. The zero-order valence-corrected chi connectivity index (χ0v) is 15.4. The molecule has 2 heterocycles. The molecule has 0 amide bonds. The maximum atomic E-state index is 12.5. The molecule has 0 fully saturated rings. The van der Waals surface area contributed by atoms with E-state index in [0.29, 0.717) is 36.0 Å². The van der Waals surface area contributed by atoms with Crippen molar-refractivity contribution < 1.29 is 9.84 Å². The van der Waals surface area contributed by atoms with Crippen LogP contribution in [0.3, 0.4) is 0 Å². The number of hydrogen-bond acceptors (Lipinski definition) is 5. The van der Waals surface area contributed by atoms with E-state index in [0.717, 1.165) is 5.69 Å². The van der Waals surface area contributed by atoms with E-state index in [9.17, 15) is 9.90 Å². The molecular formula is C21H20N4O3. The van der Waals surface area contributed by atoms with Crippen LogP contribution in [0.1, 0.15) is 18.7 Å². The van der Waals surface area contributed by atoms with Gasteiger partial charge in [0, 0.05) is 24.7 Å². The Hall–Kier alpha value is -3.61. The summed E-state index contributed by atoms with van der Waals surface area (Å²) in [5.41, 5.74) is 1.24. The molecule has 0 saturated heterocycles. The Morgan fingerprint density at radius 1 is 1.21 bits per heavy atom. The summed E-state index contributed by atoms with van der Waals surface area (Å²) in [6.45, 7) is 0.553. The van der Waals surface area contributed by atoms with Crippen LogP contribution in [0.15, 0.2) is 59.1 Å². The Labute approximate surface area is 161 Å². The number of allylic oxidation sites excluding steroid dienone is 1. The number of aromatic amines is 1. The number of aliphatic hydroxyl groups is 1. The summed E-state index contributed by atoms with van der Waals surface area (Å²) in [7, 11) is 1.59. The first-order valence-electron chi connectivity index (χ1n) is 9.00. The molecule has 0 aliphatic carbocycles. The number of aromatic nitrogens is 2. The second-order valence-corrected chi connectivity index (χ2v) is 6.56. The minimum atomic E-state index is -0.300. The third-order valence-electron chi connectivity index (χ3n) is 4.81. The molecule has 7 heteroatoms. The number of fused-ring (bicyclic) bond motifs is 1.